The third-order valence-corrected chi connectivity index (χ3v) is 6.74. The van der Waals surface area contributed by atoms with Gasteiger partial charge in [-0.2, -0.15) is 13.2 Å². The molecule has 2 aliphatic rings. The quantitative estimate of drug-likeness (QED) is 0.332. The molecule has 1 fully saturated rings. The molecule has 1 aliphatic heterocycles. The van der Waals surface area contributed by atoms with E-state index in [0.717, 1.165) is 42.9 Å². The van der Waals surface area contributed by atoms with Crippen molar-refractivity contribution in [1.29, 1.82) is 0 Å². The van der Waals surface area contributed by atoms with Gasteiger partial charge in [0.15, 0.2) is 5.78 Å². The molecule has 1 spiro atoms. The number of rotatable bonds is 8. The van der Waals surface area contributed by atoms with Gasteiger partial charge in [-0.25, -0.2) is 4.79 Å². The summed E-state index contributed by atoms with van der Waals surface area (Å²) in [4.78, 5) is 38.4. The fourth-order valence-electron chi connectivity index (χ4n) is 4.77. The zero-order chi connectivity index (χ0) is 27.4. The van der Waals surface area contributed by atoms with Crippen molar-refractivity contribution in [2.45, 2.75) is 70.4 Å². The highest BCUT2D eigenvalue weighted by molar-refractivity contribution is 6.00. The number of ether oxygens (including phenoxy) is 3. The maximum absolute atomic E-state index is 14.3. The second kappa shape index (κ2) is 11.0. The molecule has 0 radical (unpaired) electrons. The molecule has 1 aromatic carbocycles. The molecule has 3 rings (SSSR count). The van der Waals surface area contributed by atoms with Crippen LogP contribution in [0.3, 0.4) is 0 Å². The minimum Gasteiger partial charge on any atom is -0.457 e. The summed E-state index contributed by atoms with van der Waals surface area (Å²) in [6.07, 6.45) is -0.130. The van der Waals surface area contributed by atoms with Crippen molar-refractivity contribution in [3.8, 4) is 0 Å². The predicted molar refractivity (Wildman–Crippen MR) is 129 cm³/mol. The van der Waals surface area contributed by atoms with E-state index in [1.165, 1.54) is 24.3 Å². The highest BCUT2D eigenvalue weighted by atomic mass is 19.4. The van der Waals surface area contributed by atoms with Crippen molar-refractivity contribution in [2.75, 3.05) is 7.11 Å². The van der Waals surface area contributed by atoms with Crippen LogP contribution in [-0.2, 0) is 34.2 Å². The second-order valence-electron chi connectivity index (χ2n) is 9.70. The Hall–Kier alpha value is -3.20. The van der Waals surface area contributed by atoms with Gasteiger partial charge in [-0.15, -0.1) is 0 Å². The Morgan fingerprint density at radius 1 is 1.16 bits per heavy atom. The van der Waals surface area contributed by atoms with E-state index < -0.39 is 52.7 Å². The standard InChI is InChI=1S/C28H31F3O6/c1-18(2)9-8-10-19(3)15-23-26(17-24(33)37-23)16-21(13-14-22(26)32)36-25(34)27(35-4,28(29,30)31)20-11-6-5-7-12-20/h5-7,9,11-15,21,23H,8,10,16-17H2,1-4H3/b19-15+/t21-,23-,26+,27-/m1/s1. The maximum Gasteiger partial charge on any atom is 0.432 e. The van der Waals surface area contributed by atoms with Crippen LogP contribution in [0.1, 0.15) is 52.0 Å². The van der Waals surface area contributed by atoms with Crippen LogP contribution in [-0.4, -0.2) is 43.2 Å². The number of cyclic esters (lactones) is 1. The van der Waals surface area contributed by atoms with Crippen LogP contribution < -0.4 is 0 Å². The molecule has 0 saturated carbocycles. The summed E-state index contributed by atoms with van der Waals surface area (Å²) in [6, 6.07) is 6.48. The smallest absolute Gasteiger partial charge is 0.432 e. The molecule has 6 nitrogen and oxygen atoms in total. The van der Waals surface area contributed by atoms with E-state index in [4.69, 9.17) is 14.2 Å². The molecular weight excluding hydrogens is 489 g/mol. The van der Waals surface area contributed by atoms with Gasteiger partial charge in [0.05, 0.1) is 11.8 Å². The fourth-order valence-corrected chi connectivity index (χ4v) is 4.77. The Morgan fingerprint density at radius 2 is 1.84 bits per heavy atom. The number of benzene rings is 1. The van der Waals surface area contributed by atoms with Gasteiger partial charge in [-0.3, -0.25) is 9.59 Å². The van der Waals surface area contributed by atoms with Gasteiger partial charge in [0.2, 0.25) is 0 Å². The maximum atomic E-state index is 14.3. The van der Waals surface area contributed by atoms with Crippen molar-refractivity contribution in [3.05, 3.63) is 71.3 Å². The molecule has 0 bridgehead atoms. The molecule has 1 heterocycles. The SMILES string of the molecule is CO[C@@](C(=O)O[C@@H]1C=CC(=O)[C@@]2(CC(=O)O[C@@H]2/C=C(\C)CCC=C(C)C)C1)(c1ccccc1)C(F)(F)F. The van der Waals surface area contributed by atoms with Gasteiger partial charge < -0.3 is 14.2 Å². The first-order valence-corrected chi connectivity index (χ1v) is 12.0. The van der Waals surface area contributed by atoms with Gasteiger partial charge in [-0.1, -0.05) is 47.6 Å². The number of carbonyl (C=O) groups is 3. The molecule has 37 heavy (non-hydrogen) atoms. The number of allylic oxidation sites excluding steroid dienone is 4. The van der Waals surface area contributed by atoms with Gasteiger partial charge >= 0.3 is 18.1 Å². The van der Waals surface area contributed by atoms with E-state index in [2.05, 4.69) is 6.08 Å². The van der Waals surface area contributed by atoms with Crippen molar-refractivity contribution in [1.82, 2.24) is 0 Å². The first-order chi connectivity index (χ1) is 17.4. The van der Waals surface area contributed by atoms with Crippen LogP contribution in [0.2, 0.25) is 0 Å². The third kappa shape index (κ3) is 5.71. The summed E-state index contributed by atoms with van der Waals surface area (Å²) in [5.74, 6) is -2.66. The summed E-state index contributed by atoms with van der Waals surface area (Å²) in [5, 5.41) is 0. The molecule has 1 aliphatic carbocycles. The number of methoxy groups -OCH3 is 1. The highest BCUT2D eigenvalue weighted by Gasteiger charge is 2.65. The van der Waals surface area contributed by atoms with Gasteiger partial charge in [0.25, 0.3) is 5.60 Å². The first kappa shape index (κ1) is 28.4. The topological polar surface area (TPSA) is 78.9 Å². The van der Waals surface area contributed by atoms with Gasteiger partial charge in [-0.05, 0) is 51.8 Å². The Morgan fingerprint density at radius 3 is 2.43 bits per heavy atom. The fraction of sp³-hybridized carbons (Fsp3) is 0.464. The highest BCUT2D eigenvalue weighted by Crippen LogP contribution is 2.47. The lowest BCUT2D eigenvalue weighted by atomic mass is 9.69. The van der Waals surface area contributed by atoms with Crippen molar-refractivity contribution >= 4 is 17.7 Å². The lowest BCUT2D eigenvalue weighted by molar-refractivity contribution is -0.278. The molecule has 4 atom stereocenters. The zero-order valence-electron chi connectivity index (χ0n) is 21.3. The molecule has 0 unspecified atom stereocenters. The van der Waals surface area contributed by atoms with E-state index in [0.29, 0.717) is 6.42 Å². The summed E-state index contributed by atoms with van der Waals surface area (Å²) in [5.41, 5.74) is -3.12. The number of halogens is 3. The average molecular weight is 521 g/mol. The van der Waals surface area contributed by atoms with Crippen molar-refractivity contribution in [2.24, 2.45) is 5.41 Å². The monoisotopic (exact) mass is 520 g/mol. The second-order valence-corrected chi connectivity index (χ2v) is 9.70. The predicted octanol–water partition coefficient (Wildman–Crippen LogP) is 5.53. The number of hydrogen-bond acceptors (Lipinski definition) is 6. The number of carbonyl (C=O) groups excluding carboxylic acids is 3. The van der Waals surface area contributed by atoms with Crippen LogP contribution in [0.25, 0.3) is 0 Å². The van der Waals surface area contributed by atoms with E-state index >= 15 is 0 Å². The average Bonchev–Trinajstić information content (AvgIpc) is 3.11. The van der Waals surface area contributed by atoms with Gasteiger partial charge in [0, 0.05) is 19.1 Å². The summed E-state index contributed by atoms with van der Waals surface area (Å²) < 4.78 is 58.3. The molecule has 0 amide bonds. The third-order valence-electron chi connectivity index (χ3n) is 6.74. The Labute approximate surface area is 214 Å². The summed E-state index contributed by atoms with van der Waals surface area (Å²) in [6.45, 7) is 5.82. The van der Waals surface area contributed by atoms with Gasteiger partial charge in [0.1, 0.15) is 12.2 Å². The van der Waals surface area contributed by atoms with Crippen LogP contribution in [0.5, 0.6) is 0 Å². The first-order valence-electron chi connectivity index (χ1n) is 12.0. The normalized spacial score (nSPS) is 25.5. The van der Waals surface area contributed by atoms with Crippen molar-refractivity contribution < 1.29 is 41.8 Å². The molecule has 1 saturated heterocycles. The molecule has 0 N–H and O–H groups in total. The minimum atomic E-state index is -5.13. The Kier molecular flexibility index (Phi) is 8.47. The van der Waals surface area contributed by atoms with Crippen molar-refractivity contribution in [3.63, 3.8) is 0 Å². The largest absolute Gasteiger partial charge is 0.457 e. The molecule has 0 aromatic heterocycles. The number of ketones is 1. The van der Waals surface area contributed by atoms with Crippen LogP contribution >= 0.6 is 0 Å². The summed E-state index contributed by atoms with van der Waals surface area (Å²) >= 11 is 0. The van der Waals surface area contributed by atoms with Crippen LogP contribution in [0.4, 0.5) is 13.2 Å². The molecular formula is C28H31F3O6. The zero-order valence-corrected chi connectivity index (χ0v) is 21.3. The van der Waals surface area contributed by atoms with Crippen LogP contribution in [0, 0.1) is 5.41 Å². The minimum absolute atomic E-state index is 0.200. The molecule has 9 heteroatoms. The number of esters is 2. The summed E-state index contributed by atoms with van der Waals surface area (Å²) in [7, 11) is 0.784. The number of hydrogen-bond donors (Lipinski definition) is 0. The lowest BCUT2D eigenvalue weighted by Crippen LogP contribution is -2.53. The van der Waals surface area contributed by atoms with E-state index in [-0.39, 0.29) is 12.8 Å². The Balaban J connectivity index is 1.89. The number of alkyl halides is 3. The van der Waals surface area contributed by atoms with E-state index in [1.54, 1.807) is 6.08 Å². The van der Waals surface area contributed by atoms with E-state index in [1.807, 2.05) is 20.8 Å². The van der Waals surface area contributed by atoms with Crippen LogP contribution in [0.15, 0.2) is 65.8 Å². The van der Waals surface area contributed by atoms with E-state index in [9.17, 15) is 27.6 Å². The lowest BCUT2D eigenvalue weighted by Gasteiger charge is -2.37. The molecule has 200 valence electrons. The Bertz CT molecular complexity index is 1120. The molecule has 1 aromatic rings.